The van der Waals surface area contributed by atoms with Crippen LogP contribution in [0.15, 0.2) is 16.9 Å². The van der Waals surface area contributed by atoms with E-state index in [0.29, 0.717) is 24.7 Å². The molecule has 3 fully saturated rings. The van der Waals surface area contributed by atoms with Crippen molar-refractivity contribution in [3.63, 3.8) is 0 Å². The molecule has 0 saturated carbocycles. The van der Waals surface area contributed by atoms with E-state index in [9.17, 15) is 14.7 Å². The summed E-state index contributed by atoms with van der Waals surface area (Å²) < 4.78 is 7.68. The quantitative estimate of drug-likeness (QED) is 0.725. The number of amides is 1. The normalized spacial score (nSPS) is 31.5. The first-order chi connectivity index (χ1) is 13.8. The van der Waals surface area contributed by atoms with Crippen LogP contribution in [0.2, 0.25) is 0 Å². The highest BCUT2D eigenvalue weighted by Crippen LogP contribution is 2.49. The third-order valence-electron chi connectivity index (χ3n) is 6.73. The number of aromatic nitrogens is 2. The second kappa shape index (κ2) is 7.81. The van der Waals surface area contributed by atoms with E-state index in [1.54, 1.807) is 13.0 Å². The lowest BCUT2D eigenvalue weighted by Gasteiger charge is -2.40. The lowest BCUT2D eigenvalue weighted by Crippen LogP contribution is -2.56. The molecule has 3 aliphatic heterocycles. The van der Waals surface area contributed by atoms with Gasteiger partial charge in [-0.1, -0.05) is 13.8 Å². The standard InChI is InChI=1S/C21H32N4O4/c1-14(2)6-7-23-8-17-16(11-26)18-9-24(13-21(17,12-23)29-18)20(28)10-25-19(27)5-4-15(3)22-25/h4-5,14,16-18,26H,6-13H2,1-3H3/t16-,17+,18+,21-/m0/s1. The zero-order valence-electron chi connectivity index (χ0n) is 17.6. The van der Waals surface area contributed by atoms with Crippen molar-refractivity contribution in [3.8, 4) is 0 Å². The van der Waals surface area contributed by atoms with Crippen molar-refractivity contribution in [1.82, 2.24) is 19.6 Å². The van der Waals surface area contributed by atoms with Crippen molar-refractivity contribution in [3.05, 3.63) is 28.2 Å². The summed E-state index contributed by atoms with van der Waals surface area (Å²) in [6.45, 7) is 9.97. The van der Waals surface area contributed by atoms with Crippen molar-refractivity contribution < 1.29 is 14.6 Å². The SMILES string of the molecule is Cc1ccc(=O)n(CC(=O)N2C[C@H]3O[C@@]4(CN(CCC(C)C)C[C@@H]4[C@@H]3CO)C2)n1. The molecule has 0 aliphatic carbocycles. The highest BCUT2D eigenvalue weighted by molar-refractivity contribution is 5.76. The summed E-state index contributed by atoms with van der Waals surface area (Å²) in [7, 11) is 0. The number of aryl methyl sites for hydroxylation is 1. The number of hydrogen-bond acceptors (Lipinski definition) is 6. The Morgan fingerprint density at radius 3 is 2.86 bits per heavy atom. The summed E-state index contributed by atoms with van der Waals surface area (Å²) in [6, 6.07) is 3.09. The number of rotatable bonds is 6. The average molecular weight is 405 g/mol. The van der Waals surface area contributed by atoms with E-state index in [1.165, 1.54) is 10.7 Å². The van der Waals surface area contributed by atoms with Gasteiger partial charge in [-0.3, -0.25) is 14.5 Å². The maximum atomic E-state index is 13.0. The minimum absolute atomic E-state index is 0.0525. The van der Waals surface area contributed by atoms with Gasteiger partial charge < -0.3 is 14.7 Å². The molecule has 8 heteroatoms. The Labute approximate surface area is 171 Å². The van der Waals surface area contributed by atoms with Gasteiger partial charge in [0, 0.05) is 44.1 Å². The number of aliphatic hydroxyl groups is 1. The fraction of sp³-hybridized carbons (Fsp3) is 0.762. The van der Waals surface area contributed by atoms with Gasteiger partial charge in [-0.15, -0.1) is 0 Å². The van der Waals surface area contributed by atoms with E-state index >= 15 is 0 Å². The van der Waals surface area contributed by atoms with E-state index in [0.717, 1.165) is 26.1 Å². The molecule has 1 aromatic rings. The second-order valence-electron chi connectivity index (χ2n) is 9.34. The van der Waals surface area contributed by atoms with E-state index in [-0.39, 0.29) is 42.6 Å². The van der Waals surface area contributed by atoms with Crippen LogP contribution < -0.4 is 5.56 Å². The first kappa shape index (κ1) is 20.5. The van der Waals surface area contributed by atoms with Gasteiger partial charge in [0.25, 0.3) is 5.56 Å². The number of likely N-dealkylation sites (tertiary alicyclic amines) is 2. The lowest BCUT2D eigenvalue weighted by molar-refractivity contribution is -0.154. The Hall–Kier alpha value is -1.77. The first-order valence-corrected chi connectivity index (χ1v) is 10.6. The molecule has 2 bridgehead atoms. The Morgan fingerprint density at radius 1 is 1.34 bits per heavy atom. The molecule has 1 amide bonds. The molecular weight excluding hydrogens is 372 g/mol. The molecule has 1 aromatic heterocycles. The van der Waals surface area contributed by atoms with Crippen LogP contribution in [0, 0.1) is 24.7 Å². The highest BCUT2D eigenvalue weighted by atomic mass is 16.5. The number of nitrogens with zero attached hydrogens (tertiary/aromatic N) is 4. The number of morpholine rings is 1. The van der Waals surface area contributed by atoms with Crippen molar-refractivity contribution >= 4 is 5.91 Å². The number of carbonyl (C=O) groups is 1. The van der Waals surface area contributed by atoms with Gasteiger partial charge in [0.15, 0.2) is 0 Å². The number of hydrogen-bond donors (Lipinski definition) is 1. The molecule has 160 valence electrons. The van der Waals surface area contributed by atoms with Crippen LogP contribution in [-0.4, -0.2) is 81.6 Å². The molecule has 3 aliphatic rings. The molecule has 3 saturated heterocycles. The van der Waals surface area contributed by atoms with Crippen LogP contribution in [-0.2, 0) is 16.1 Å². The second-order valence-corrected chi connectivity index (χ2v) is 9.34. The van der Waals surface area contributed by atoms with Crippen LogP contribution in [0.4, 0.5) is 0 Å². The third kappa shape index (κ3) is 3.85. The van der Waals surface area contributed by atoms with Crippen LogP contribution in [0.5, 0.6) is 0 Å². The topological polar surface area (TPSA) is 87.9 Å². The average Bonchev–Trinajstić information content (AvgIpc) is 3.09. The zero-order chi connectivity index (χ0) is 20.8. The van der Waals surface area contributed by atoms with Gasteiger partial charge >= 0.3 is 0 Å². The molecule has 1 spiro atoms. The largest absolute Gasteiger partial charge is 0.396 e. The first-order valence-electron chi connectivity index (χ1n) is 10.6. The maximum Gasteiger partial charge on any atom is 0.267 e. The molecule has 0 radical (unpaired) electrons. The molecule has 0 aromatic carbocycles. The molecule has 4 rings (SSSR count). The zero-order valence-corrected chi connectivity index (χ0v) is 17.6. The summed E-state index contributed by atoms with van der Waals surface area (Å²) in [5.74, 6) is 0.814. The van der Waals surface area contributed by atoms with E-state index in [1.807, 2.05) is 4.90 Å². The lowest BCUT2D eigenvalue weighted by atomic mass is 9.83. The smallest absolute Gasteiger partial charge is 0.267 e. The van der Waals surface area contributed by atoms with Crippen LogP contribution in [0.25, 0.3) is 0 Å². The number of carbonyl (C=O) groups excluding carboxylic acids is 1. The summed E-state index contributed by atoms with van der Waals surface area (Å²) in [5.41, 5.74) is 0.0220. The van der Waals surface area contributed by atoms with Crippen molar-refractivity contribution in [2.75, 3.05) is 39.3 Å². The van der Waals surface area contributed by atoms with Crippen LogP contribution in [0.1, 0.15) is 26.0 Å². The monoisotopic (exact) mass is 404 g/mol. The minimum atomic E-state index is -0.409. The van der Waals surface area contributed by atoms with Gasteiger partial charge in [-0.25, -0.2) is 4.68 Å². The third-order valence-corrected chi connectivity index (χ3v) is 6.73. The van der Waals surface area contributed by atoms with E-state index in [2.05, 4.69) is 23.8 Å². The Morgan fingerprint density at radius 2 is 2.14 bits per heavy atom. The van der Waals surface area contributed by atoms with E-state index in [4.69, 9.17) is 4.74 Å². The molecule has 8 nitrogen and oxygen atoms in total. The fourth-order valence-electron chi connectivity index (χ4n) is 5.22. The number of aliphatic hydroxyl groups excluding tert-OH is 1. The summed E-state index contributed by atoms with van der Waals surface area (Å²) in [6.07, 6.45) is 0.984. The van der Waals surface area contributed by atoms with Gasteiger partial charge in [-0.2, -0.15) is 5.10 Å². The predicted molar refractivity (Wildman–Crippen MR) is 107 cm³/mol. The van der Waals surface area contributed by atoms with Gasteiger partial charge in [0.1, 0.15) is 12.1 Å². The highest BCUT2D eigenvalue weighted by Gasteiger charge is 2.62. The molecule has 0 unspecified atom stereocenters. The summed E-state index contributed by atoms with van der Waals surface area (Å²) in [5, 5.41) is 14.2. The minimum Gasteiger partial charge on any atom is -0.396 e. The number of fused-ring (bicyclic) bond motifs is 1. The predicted octanol–water partition coefficient (Wildman–Crippen LogP) is 0.118. The van der Waals surface area contributed by atoms with Crippen molar-refractivity contribution in [2.24, 2.45) is 17.8 Å². The Bertz CT molecular complexity index is 825. The van der Waals surface area contributed by atoms with Crippen molar-refractivity contribution in [2.45, 2.75) is 45.4 Å². The summed E-state index contributed by atoms with van der Waals surface area (Å²) >= 11 is 0. The van der Waals surface area contributed by atoms with Crippen molar-refractivity contribution in [1.29, 1.82) is 0 Å². The molecule has 29 heavy (non-hydrogen) atoms. The summed E-state index contributed by atoms with van der Waals surface area (Å²) in [4.78, 5) is 29.3. The maximum absolute atomic E-state index is 13.0. The van der Waals surface area contributed by atoms with Gasteiger partial charge in [-0.05, 0) is 31.9 Å². The number of ether oxygens (including phenoxy) is 1. The van der Waals surface area contributed by atoms with E-state index < -0.39 is 5.60 Å². The van der Waals surface area contributed by atoms with Crippen LogP contribution in [0.3, 0.4) is 0 Å². The Kier molecular flexibility index (Phi) is 5.52. The van der Waals surface area contributed by atoms with Gasteiger partial charge in [0.2, 0.25) is 5.91 Å². The fourth-order valence-corrected chi connectivity index (χ4v) is 5.22. The molecular formula is C21H32N4O4. The van der Waals surface area contributed by atoms with Crippen LogP contribution >= 0.6 is 0 Å². The van der Waals surface area contributed by atoms with Gasteiger partial charge in [0.05, 0.1) is 18.3 Å². The molecule has 1 N–H and O–H groups in total. The Balaban J connectivity index is 1.50. The molecule has 4 atom stereocenters. The molecule has 4 heterocycles.